The number of nitrogens with zero attached hydrogens (tertiary/aromatic N) is 2. The molecule has 0 atom stereocenters. The summed E-state index contributed by atoms with van der Waals surface area (Å²) in [4.78, 5) is 10.7. The maximum atomic E-state index is 5.38. The zero-order valence-corrected chi connectivity index (χ0v) is 28.6. The van der Waals surface area contributed by atoms with Crippen molar-refractivity contribution in [3.63, 3.8) is 0 Å². The molecule has 0 unspecified atom stereocenters. The highest BCUT2D eigenvalue weighted by atomic mass is 14.9. The third-order valence-electron chi connectivity index (χ3n) is 10.9. The molecule has 8 aromatic carbocycles. The predicted octanol–water partition coefficient (Wildman–Crippen LogP) is 12.9. The van der Waals surface area contributed by atoms with Gasteiger partial charge in [0.1, 0.15) is 0 Å². The van der Waals surface area contributed by atoms with Gasteiger partial charge >= 0.3 is 0 Å². The van der Waals surface area contributed by atoms with Crippen molar-refractivity contribution < 1.29 is 0 Å². The van der Waals surface area contributed by atoms with Crippen molar-refractivity contribution in [2.45, 2.75) is 19.3 Å². The van der Waals surface area contributed by atoms with Crippen LogP contribution in [0, 0.1) is 0 Å². The van der Waals surface area contributed by atoms with Gasteiger partial charge in [-0.05, 0) is 90.0 Å². The zero-order chi connectivity index (χ0) is 34.1. The third kappa shape index (κ3) is 4.71. The van der Waals surface area contributed by atoms with Gasteiger partial charge in [0, 0.05) is 22.1 Å². The summed E-state index contributed by atoms with van der Waals surface area (Å²) < 4.78 is 0. The summed E-state index contributed by atoms with van der Waals surface area (Å²) in [5, 5.41) is 7.31. The summed E-state index contributed by atoms with van der Waals surface area (Å²) in [6.45, 7) is 4.66. The molecular formula is C49H34N2. The Bertz CT molecular complexity index is 2840. The topological polar surface area (TPSA) is 25.8 Å². The zero-order valence-electron chi connectivity index (χ0n) is 28.6. The first-order valence-electron chi connectivity index (χ1n) is 17.7. The summed E-state index contributed by atoms with van der Waals surface area (Å²) in [5.74, 6) is 0.713. The van der Waals surface area contributed by atoms with Crippen LogP contribution in [0.1, 0.15) is 25.0 Å². The van der Waals surface area contributed by atoms with E-state index in [4.69, 9.17) is 9.97 Å². The average molecular weight is 651 g/mol. The molecule has 0 aliphatic heterocycles. The molecule has 9 aromatic rings. The maximum absolute atomic E-state index is 5.38. The molecule has 0 spiro atoms. The van der Waals surface area contributed by atoms with Crippen molar-refractivity contribution >= 4 is 32.3 Å². The molecule has 2 heteroatoms. The van der Waals surface area contributed by atoms with Crippen LogP contribution in [0.2, 0.25) is 0 Å². The molecule has 1 heterocycles. The van der Waals surface area contributed by atoms with E-state index in [1.807, 2.05) is 0 Å². The second-order valence-electron chi connectivity index (χ2n) is 14.2. The fourth-order valence-electron chi connectivity index (χ4n) is 8.29. The molecule has 0 fully saturated rings. The SMILES string of the molecule is CC1(C)c2ccccc2-c2ccc(-c3cc(-c4cc5ccccc5c5ccccc45)nc(-c4cccc(-c5cccc6ccccc56)c4)n3)cc21. The van der Waals surface area contributed by atoms with Gasteiger partial charge in [0.2, 0.25) is 0 Å². The normalized spacial score (nSPS) is 13.1. The molecular weight excluding hydrogens is 617 g/mol. The lowest BCUT2D eigenvalue weighted by atomic mass is 9.82. The van der Waals surface area contributed by atoms with E-state index in [9.17, 15) is 0 Å². The molecule has 0 bridgehead atoms. The second kappa shape index (κ2) is 11.3. The molecule has 0 saturated carbocycles. The van der Waals surface area contributed by atoms with Crippen LogP contribution in [0.3, 0.4) is 0 Å². The summed E-state index contributed by atoms with van der Waals surface area (Å²) in [5.41, 5.74) is 12.6. The summed E-state index contributed by atoms with van der Waals surface area (Å²) in [6, 6.07) is 61.3. The van der Waals surface area contributed by atoms with Gasteiger partial charge in [-0.2, -0.15) is 0 Å². The molecule has 51 heavy (non-hydrogen) atoms. The molecule has 10 rings (SSSR count). The Morgan fingerprint density at radius 2 is 0.980 bits per heavy atom. The standard InChI is InChI=1S/C49H34N2/c1-49(2)44-24-10-9-22-41(44)42-26-25-34(29-45(42)49)46-30-47(43-28-33-14-4-6-19-38(33)39-20-7-8-21-40(39)43)51-48(50-46)35-17-11-16-32(27-35)37-23-12-15-31-13-3-5-18-36(31)37/h3-30H,1-2H3. The second-order valence-corrected chi connectivity index (χ2v) is 14.2. The first-order chi connectivity index (χ1) is 25.0. The highest BCUT2D eigenvalue weighted by Crippen LogP contribution is 2.49. The van der Waals surface area contributed by atoms with Gasteiger partial charge in [0.05, 0.1) is 11.4 Å². The molecule has 240 valence electrons. The van der Waals surface area contributed by atoms with Crippen LogP contribution in [0.5, 0.6) is 0 Å². The van der Waals surface area contributed by atoms with E-state index in [-0.39, 0.29) is 5.41 Å². The number of aromatic nitrogens is 2. The first kappa shape index (κ1) is 29.5. The molecule has 0 saturated heterocycles. The first-order valence-corrected chi connectivity index (χ1v) is 17.7. The lowest BCUT2D eigenvalue weighted by Gasteiger charge is -2.22. The van der Waals surface area contributed by atoms with Gasteiger partial charge < -0.3 is 0 Å². The predicted molar refractivity (Wildman–Crippen MR) is 214 cm³/mol. The van der Waals surface area contributed by atoms with Gasteiger partial charge in [-0.1, -0.05) is 159 Å². The van der Waals surface area contributed by atoms with Gasteiger partial charge in [0.15, 0.2) is 5.82 Å². The number of fused-ring (bicyclic) bond motifs is 7. The van der Waals surface area contributed by atoms with E-state index >= 15 is 0 Å². The van der Waals surface area contributed by atoms with Crippen molar-refractivity contribution in [3.05, 3.63) is 181 Å². The monoisotopic (exact) mass is 650 g/mol. The quantitative estimate of drug-likeness (QED) is 0.177. The van der Waals surface area contributed by atoms with Crippen molar-refractivity contribution in [1.82, 2.24) is 9.97 Å². The molecule has 2 nitrogen and oxygen atoms in total. The summed E-state index contributed by atoms with van der Waals surface area (Å²) >= 11 is 0. The van der Waals surface area contributed by atoms with Crippen LogP contribution in [0.15, 0.2) is 170 Å². The largest absolute Gasteiger partial charge is 0.228 e. The number of hydrogen-bond acceptors (Lipinski definition) is 2. The van der Waals surface area contributed by atoms with Crippen molar-refractivity contribution in [3.8, 4) is 56.2 Å². The van der Waals surface area contributed by atoms with Crippen molar-refractivity contribution in [1.29, 1.82) is 0 Å². The van der Waals surface area contributed by atoms with Crippen molar-refractivity contribution in [2.75, 3.05) is 0 Å². The Morgan fingerprint density at radius 1 is 0.353 bits per heavy atom. The molecule has 1 aliphatic carbocycles. The van der Waals surface area contributed by atoms with E-state index in [2.05, 4.69) is 184 Å². The molecule has 1 aliphatic rings. The lowest BCUT2D eigenvalue weighted by Crippen LogP contribution is -2.14. The maximum Gasteiger partial charge on any atom is 0.160 e. The van der Waals surface area contributed by atoms with E-state index in [1.54, 1.807) is 0 Å². The molecule has 1 aromatic heterocycles. The van der Waals surface area contributed by atoms with E-state index in [1.165, 1.54) is 60.1 Å². The molecule has 0 radical (unpaired) electrons. The van der Waals surface area contributed by atoms with Gasteiger partial charge in [0.25, 0.3) is 0 Å². The Morgan fingerprint density at radius 3 is 1.86 bits per heavy atom. The lowest BCUT2D eigenvalue weighted by molar-refractivity contribution is 0.660. The summed E-state index contributed by atoms with van der Waals surface area (Å²) in [6.07, 6.45) is 0. The Balaban J connectivity index is 1.20. The van der Waals surface area contributed by atoms with Crippen LogP contribution in [0.25, 0.3) is 88.5 Å². The molecule has 0 amide bonds. The van der Waals surface area contributed by atoms with Gasteiger partial charge in [-0.3, -0.25) is 0 Å². The van der Waals surface area contributed by atoms with Crippen molar-refractivity contribution in [2.24, 2.45) is 0 Å². The highest BCUT2D eigenvalue weighted by Gasteiger charge is 2.35. The smallest absolute Gasteiger partial charge is 0.160 e. The average Bonchev–Trinajstić information content (AvgIpc) is 3.42. The minimum absolute atomic E-state index is 0.109. The fourth-order valence-corrected chi connectivity index (χ4v) is 8.29. The van der Waals surface area contributed by atoms with Crippen LogP contribution in [-0.2, 0) is 5.41 Å². The highest BCUT2D eigenvalue weighted by molar-refractivity contribution is 6.13. The number of rotatable bonds is 4. The van der Waals surface area contributed by atoms with Crippen LogP contribution >= 0.6 is 0 Å². The number of benzene rings is 8. The van der Waals surface area contributed by atoms with Crippen LogP contribution in [0.4, 0.5) is 0 Å². The molecule has 0 N–H and O–H groups in total. The number of hydrogen-bond donors (Lipinski definition) is 0. The summed E-state index contributed by atoms with van der Waals surface area (Å²) in [7, 11) is 0. The third-order valence-corrected chi connectivity index (χ3v) is 10.9. The minimum Gasteiger partial charge on any atom is -0.228 e. The van der Waals surface area contributed by atoms with Crippen LogP contribution < -0.4 is 0 Å². The van der Waals surface area contributed by atoms with E-state index in [0.717, 1.165) is 33.6 Å². The van der Waals surface area contributed by atoms with Gasteiger partial charge in [-0.25, -0.2) is 9.97 Å². The fraction of sp³-hybridized carbons (Fsp3) is 0.0612. The van der Waals surface area contributed by atoms with Crippen LogP contribution in [-0.4, -0.2) is 9.97 Å². The Labute approximate surface area is 297 Å². The van der Waals surface area contributed by atoms with E-state index in [0.29, 0.717) is 5.82 Å². The van der Waals surface area contributed by atoms with Gasteiger partial charge in [-0.15, -0.1) is 0 Å². The Kier molecular flexibility index (Phi) is 6.56. The van der Waals surface area contributed by atoms with E-state index < -0.39 is 0 Å². The Hall–Kier alpha value is -6.38. The minimum atomic E-state index is -0.109.